The first-order valence-electron chi connectivity index (χ1n) is 5.91. The Bertz CT molecular complexity index is 341. The minimum absolute atomic E-state index is 0.187. The van der Waals surface area contributed by atoms with Gasteiger partial charge in [-0.1, -0.05) is 38.5 Å². The molecule has 1 aromatic rings. The maximum absolute atomic E-state index is 11.5. The lowest BCUT2D eigenvalue weighted by Crippen LogP contribution is -2.37. The van der Waals surface area contributed by atoms with E-state index in [9.17, 15) is 9.90 Å². The van der Waals surface area contributed by atoms with Crippen molar-refractivity contribution >= 4 is 11.7 Å². The molecule has 2 atom stereocenters. The van der Waals surface area contributed by atoms with Crippen LogP contribution >= 0.6 is 0 Å². The molecule has 1 rings (SSSR count). The van der Waals surface area contributed by atoms with Crippen LogP contribution in [0, 0.1) is 5.92 Å². The zero-order chi connectivity index (χ0) is 12.7. The number of urea groups is 1. The van der Waals surface area contributed by atoms with Gasteiger partial charge in [0, 0.05) is 12.2 Å². The maximum atomic E-state index is 11.5. The Morgan fingerprint density at radius 3 is 2.59 bits per heavy atom. The molecular weight excluding hydrogens is 216 g/mol. The second kappa shape index (κ2) is 6.91. The molecule has 0 aromatic heterocycles. The van der Waals surface area contributed by atoms with Gasteiger partial charge in [-0.3, -0.25) is 0 Å². The first kappa shape index (κ1) is 13.5. The largest absolute Gasteiger partial charge is 0.391 e. The van der Waals surface area contributed by atoms with Gasteiger partial charge in [0.25, 0.3) is 0 Å². The Morgan fingerprint density at radius 1 is 1.35 bits per heavy atom. The standard InChI is InChI=1S/C13H20N2O2/c1-3-10(2)12(16)9-14-13(17)15-11-7-5-4-6-8-11/h4-8,10,12,16H,3,9H2,1-2H3,(H2,14,15,17). The molecule has 2 amide bonds. The molecule has 17 heavy (non-hydrogen) atoms. The van der Waals surface area contributed by atoms with E-state index in [1.807, 2.05) is 44.2 Å². The third-order valence-electron chi connectivity index (χ3n) is 2.80. The minimum atomic E-state index is -0.499. The topological polar surface area (TPSA) is 61.4 Å². The van der Waals surface area contributed by atoms with Crippen LogP contribution in [-0.2, 0) is 0 Å². The summed E-state index contributed by atoms with van der Waals surface area (Å²) in [7, 11) is 0. The van der Waals surface area contributed by atoms with Gasteiger partial charge < -0.3 is 15.7 Å². The Hall–Kier alpha value is -1.55. The Kier molecular flexibility index (Phi) is 5.49. The van der Waals surface area contributed by atoms with Crippen molar-refractivity contribution in [2.75, 3.05) is 11.9 Å². The van der Waals surface area contributed by atoms with Crippen molar-refractivity contribution in [3.8, 4) is 0 Å². The van der Waals surface area contributed by atoms with Gasteiger partial charge in [-0.25, -0.2) is 4.79 Å². The van der Waals surface area contributed by atoms with E-state index in [-0.39, 0.29) is 18.5 Å². The van der Waals surface area contributed by atoms with Crippen LogP contribution in [0.4, 0.5) is 10.5 Å². The fourth-order valence-electron chi connectivity index (χ4n) is 1.37. The van der Waals surface area contributed by atoms with Gasteiger partial charge in [0.15, 0.2) is 0 Å². The molecule has 0 aliphatic heterocycles. The summed E-state index contributed by atoms with van der Waals surface area (Å²) in [4.78, 5) is 11.5. The van der Waals surface area contributed by atoms with E-state index in [1.165, 1.54) is 0 Å². The molecule has 0 saturated heterocycles. The van der Waals surface area contributed by atoms with E-state index in [4.69, 9.17) is 0 Å². The monoisotopic (exact) mass is 236 g/mol. The summed E-state index contributed by atoms with van der Waals surface area (Å²) in [5, 5.41) is 15.0. The first-order valence-corrected chi connectivity index (χ1v) is 5.91. The van der Waals surface area contributed by atoms with Gasteiger partial charge in [0.05, 0.1) is 6.10 Å². The van der Waals surface area contributed by atoms with Crippen LogP contribution < -0.4 is 10.6 Å². The lowest BCUT2D eigenvalue weighted by Gasteiger charge is -2.17. The van der Waals surface area contributed by atoms with Gasteiger partial charge in [0.2, 0.25) is 0 Å². The molecule has 0 heterocycles. The molecule has 4 nitrogen and oxygen atoms in total. The number of aliphatic hydroxyl groups is 1. The molecule has 0 fully saturated rings. The maximum Gasteiger partial charge on any atom is 0.319 e. The van der Waals surface area contributed by atoms with Crippen molar-refractivity contribution in [3.05, 3.63) is 30.3 Å². The van der Waals surface area contributed by atoms with Gasteiger partial charge in [-0.2, -0.15) is 0 Å². The lowest BCUT2D eigenvalue weighted by molar-refractivity contribution is 0.115. The fourth-order valence-corrected chi connectivity index (χ4v) is 1.37. The highest BCUT2D eigenvalue weighted by molar-refractivity contribution is 5.89. The van der Waals surface area contributed by atoms with Crippen molar-refractivity contribution in [1.82, 2.24) is 5.32 Å². The Balaban J connectivity index is 2.31. The van der Waals surface area contributed by atoms with E-state index in [1.54, 1.807) is 0 Å². The van der Waals surface area contributed by atoms with E-state index < -0.39 is 6.10 Å². The number of carbonyl (C=O) groups is 1. The van der Waals surface area contributed by atoms with Crippen LogP contribution in [0.25, 0.3) is 0 Å². The number of aliphatic hydroxyl groups excluding tert-OH is 1. The zero-order valence-electron chi connectivity index (χ0n) is 10.3. The third-order valence-corrected chi connectivity index (χ3v) is 2.80. The van der Waals surface area contributed by atoms with Crippen molar-refractivity contribution < 1.29 is 9.90 Å². The second-order valence-electron chi connectivity index (χ2n) is 4.15. The molecule has 0 spiro atoms. The Morgan fingerprint density at radius 2 is 2.00 bits per heavy atom. The predicted octanol–water partition coefficient (Wildman–Crippen LogP) is 2.22. The van der Waals surface area contributed by atoms with Crippen molar-refractivity contribution in [3.63, 3.8) is 0 Å². The molecule has 2 unspecified atom stereocenters. The number of nitrogens with one attached hydrogen (secondary N) is 2. The van der Waals surface area contributed by atoms with Gasteiger partial charge in [-0.15, -0.1) is 0 Å². The highest BCUT2D eigenvalue weighted by atomic mass is 16.3. The highest BCUT2D eigenvalue weighted by Crippen LogP contribution is 2.07. The molecule has 0 radical (unpaired) electrons. The number of carbonyl (C=O) groups excluding carboxylic acids is 1. The quantitative estimate of drug-likeness (QED) is 0.734. The molecule has 0 bridgehead atoms. The van der Waals surface area contributed by atoms with Gasteiger partial charge in [0.1, 0.15) is 0 Å². The van der Waals surface area contributed by atoms with Crippen molar-refractivity contribution in [2.24, 2.45) is 5.92 Å². The fraction of sp³-hybridized carbons (Fsp3) is 0.462. The van der Waals surface area contributed by atoms with Crippen LogP contribution in [0.15, 0.2) is 30.3 Å². The number of benzene rings is 1. The van der Waals surface area contributed by atoms with Crippen molar-refractivity contribution in [2.45, 2.75) is 26.4 Å². The zero-order valence-corrected chi connectivity index (χ0v) is 10.3. The summed E-state index contributed by atoms with van der Waals surface area (Å²) in [6.07, 6.45) is 0.393. The molecule has 3 N–H and O–H groups in total. The number of amides is 2. The SMILES string of the molecule is CCC(C)C(O)CNC(=O)Nc1ccccc1. The summed E-state index contributed by atoms with van der Waals surface area (Å²) in [6, 6.07) is 8.91. The van der Waals surface area contributed by atoms with E-state index in [2.05, 4.69) is 10.6 Å². The molecule has 4 heteroatoms. The minimum Gasteiger partial charge on any atom is -0.391 e. The van der Waals surface area contributed by atoms with Crippen LogP contribution in [0.3, 0.4) is 0 Å². The Labute approximate surface area is 102 Å². The summed E-state index contributed by atoms with van der Waals surface area (Å²) in [5.74, 6) is 0.187. The summed E-state index contributed by atoms with van der Waals surface area (Å²) < 4.78 is 0. The van der Waals surface area contributed by atoms with Crippen LogP contribution in [0.1, 0.15) is 20.3 Å². The molecule has 1 aromatic carbocycles. The average Bonchev–Trinajstić information content (AvgIpc) is 2.36. The summed E-state index contributed by atoms with van der Waals surface area (Å²) in [5.41, 5.74) is 0.739. The summed E-state index contributed by atoms with van der Waals surface area (Å²) in [6.45, 7) is 4.24. The van der Waals surface area contributed by atoms with Crippen molar-refractivity contribution in [1.29, 1.82) is 0 Å². The molecule has 94 valence electrons. The number of rotatable bonds is 5. The third kappa shape index (κ3) is 4.87. The predicted molar refractivity (Wildman–Crippen MR) is 68.9 cm³/mol. The first-order chi connectivity index (χ1) is 8.13. The van der Waals surface area contributed by atoms with Gasteiger partial charge in [-0.05, 0) is 18.1 Å². The smallest absolute Gasteiger partial charge is 0.319 e. The van der Waals surface area contributed by atoms with Crippen LogP contribution in [0.2, 0.25) is 0 Å². The average molecular weight is 236 g/mol. The number of para-hydroxylation sites is 1. The molecular formula is C13H20N2O2. The summed E-state index contributed by atoms with van der Waals surface area (Å²) >= 11 is 0. The number of hydrogen-bond acceptors (Lipinski definition) is 2. The van der Waals surface area contributed by atoms with E-state index in [0.29, 0.717) is 0 Å². The van der Waals surface area contributed by atoms with Crippen LogP contribution in [0.5, 0.6) is 0 Å². The lowest BCUT2D eigenvalue weighted by atomic mass is 10.0. The van der Waals surface area contributed by atoms with E-state index in [0.717, 1.165) is 12.1 Å². The highest BCUT2D eigenvalue weighted by Gasteiger charge is 2.12. The molecule has 0 saturated carbocycles. The van der Waals surface area contributed by atoms with Gasteiger partial charge >= 0.3 is 6.03 Å². The molecule has 0 aliphatic carbocycles. The number of anilines is 1. The second-order valence-corrected chi connectivity index (χ2v) is 4.15. The van der Waals surface area contributed by atoms with Crippen LogP contribution in [-0.4, -0.2) is 23.8 Å². The number of hydrogen-bond donors (Lipinski definition) is 3. The van der Waals surface area contributed by atoms with E-state index >= 15 is 0 Å². The normalized spacial score (nSPS) is 13.8. The molecule has 0 aliphatic rings.